The van der Waals surface area contributed by atoms with Crippen molar-refractivity contribution in [2.75, 3.05) is 12.3 Å². The average Bonchev–Trinajstić information content (AvgIpc) is 2.96. The molecule has 0 radical (unpaired) electrons. The number of nitrogens with two attached hydrogens (primary N) is 1. The van der Waals surface area contributed by atoms with E-state index in [0.717, 1.165) is 47.0 Å². The Bertz CT molecular complexity index is 963. The van der Waals surface area contributed by atoms with E-state index in [4.69, 9.17) is 10.7 Å². The number of nitrogen functional groups attached to an aromatic ring is 1. The van der Waals surface area contributed by atoms with Crippen LogP contribution in [0.25, 0.3) is 11.3 Å². The molecule has 25 heavy (non-hydrogen) atoms. The van der Waals surface area contributed by atoms with Gasteiger partial charge in [-0.15, -0.1) is 11.3 Å². The van der Waals surface area contributed by atoms with Gasteiger partial charge in [0.1, 0.15) is 0 Å². The van der Waals surface area contributed by atoms with Crippen LogP contribution in [0, 0.1) is 6.92 Å². The summed E-state index contributed by atoms with van der Waals surface area (Å²) < 4.78 is 0. The summed E-state index contributed by atoms with van der Waals surface area (Å²) in [6, 6.07) is 10.2. The smallest absolute Gasteiger partial charge is 0.257 e. The van der Waals surface area contributed by atoms with Crippen LogP contribution in [0.2, 0.25) is 0 Å². The normalized spacial score (nSPS) is 14.4. The number of rotatable bonds is 3. The minimum Gasteiger partial charge on any atom is -0.369 e. The van der Waals surface area contributed by atoms with Crippen molar-refractivity contribution >= 4 is 17.3 Å². The molecule has 0 saturated heterocycles. The first-order chi connectivity index (χ1) is 12.1. The molecule has 3 N–H and O–H groups in total. The number of fused-ring (bicyclic) bond motifs is 1. The van der Waals surface area contributed by atoms with E-state index in [0.29, 0.717) is 6.54 Å². The Morgan fingerprint density at radius 1 is 1.28 bits per heavy atom. The molecule has 0 fully saturated rings. The highest BCUT2D eigenvalue weighted by Crippen LogP contribution is 2.30. The van der Waals surface area contributed by atoms with Crippen LogP contribution in [-0.2, 0) is 19.5 Å². The first-order valence-electron chi connectivity index (χ1n) is 8.22. The molecule has 0 amide bonds. The van der Waals surface area contributed by atoms with E-state index >= 15 is 0 Å². The van der Waals surface area contributed by atoms with Crippen LogP contribution in [0.4, 0.5) is 5.95 Å². The number of hydrogen-bond donors (Lipinski definition) is 2. The SMILES string of the molecule is Cc1nc(-c2ccccc2)c(CN2CCc3nc(N)[nH]c(=O)c3C2)s1. The van der Waals surface area contributed by atoms with Crippen molar-refractivity contribution in [1.29, 1.82) is 0 Å². The molecule has 0 aliphatic carbocycles. The van der Waals surface area contributed by atoms with Gasteiger partial charge in [0.15, 0.2) is 0 Å². The van der Waals surface area contributed by atoms with E-state index in [1.807, 2.05) is 25.1 Å². The monoisotopic (exact) mass is 353 g/mol. The van der Waals surface area contributed by atoms with Gasteiger partial charge in [-0.25, -0.2) is 9.97 Å². The lowest BCUT2D eigenvalue weighted by Gasteiger charge is -2.27. The molecule has 0 atom stereocenters. The number of aromatic nitrogens is 3. The number of H-pyrrole nitrogens is 1. The Hall–Kier alpha value is -2.51. The second-order valence-corrected chi connectivity index (χ2v) is 7.50. The summed E-state index contributed by atoms with van der Waals surface area (Å²) >= 11 is 1.72. The van der Waals surface area contributed by atoms with Crippen molar-refractivity contribution < 1.29 is 0 Å². The molecule has 0 saturated carbocycles. The van der Waals surface area contributed by atoms with Crippen LogP contribution in [-0.4, -0.2) is 26.4 Å². The highest BCUT2D eigenvalue weighted by atomic mass is 32.1. The lowest BCUT2D eigenvalue weighted by Crippen LogP contribution is -2.35. The first kappa shape index (κ1) is 16.0. The summed E-state index contributed by atoms with van der Waals surface area (Å²) in [6.45, 7) is 4.25. The van der Waals surface area contributed by atoms with Crippen molar-refractivity contribution in [3.05, 3.63) is 61.8 Å². The molecule has 128 valence electrons. The summed E-state index contributed by atoms with van der Waals surface area (Å²) in [6.07, 6.45) is 0.738. The molecule has 0 unspecified atom stereocenters. The zero-order valence-electron chi connectivity index (χ0n) is 14.0. The van der Waals surface area contributed by atoms with Crippen molar-refractivity contribution in [2.45, 2.75) is 26.4 Å². The van der Waals surface area contributed by atoms with Gasteiger partial charge in [-0.05, 0) is 6.92 Å². The first-order valence-corrected chi connectivity index (χ1v) is 9.03. The molecule has 1 aliphatic heterocycles. The summed E-state index contributed by atoms with van der Waals surface area (Å²) in [5, 5.41) is 1.05. The van der Waals surface area contributed by atoms with Gasteiger partial charge in [-0.3, -0.25) is 14.7 Å². The van der Waals surface area contributed by atoms with Crippen LogP contribution in [0.1, 0.15) is 21.1 Å². The van der Waals surface area contributed by atoms with E-state index in [-0.39, 0.29) is 11.5 Å². The average molecular weight is 353 g/mol. The molecule has 4 rings (SSSR count). The number of aryl methyl sites for hydroxylation is 1. The highest BCUT2D eigenvalue weighted by Gasteiger charge is 2.23. The van der Waals surface area contributed by atoms with Crippen LogP contribution in [0.5, 0.6) is 0 Å². The molecule has 6 nitrogen and oxygen atoms in total. The highest BCUT2D eigenvalue weighted by molar-refractivity contribution is 7.12. The zero-order valence-corrected chi connectivity index (χ0v) is 14.8. The number of aromatic amines is 1. The predicted molar refractivity (Wildman–Crippen MR) is 99.4 cm³/mol. The molecule has 3 heterocycles. The molecule has 7 heteroatoms. The number of nitrogens with one attached hydrogen (secondary N) is 1. The Labute approximate surface area is 149 Å². The molecule has 0 bridgehead atoms. The molecule has 2 aromatic heterocycles. The topological polar surface area (TPSA) is 87.9 Å². The van der Waals surface area contributed by atoms with Gasteiger partial charge in [-0.1, -0.05) is 30.3 Å². The zero-order chi connectivity index (χ0) is 17.4. The van der Waals surface area contributed by atoms with E-state index in [2.05, 4.69) is 27.0 Å². The standard InChI is InChI=1S/C18H19N5OS/c1-11-20-16(12-5-3-2-4-6-12)15(25-11)10-23-8-7-14-13(9-23)17(24)22-18(19)21-14/h2-6H,7-10H2,1H3,(H3,19,21,22,24). The molecule has 1 aromatic carbocycles. The molecular formula is C18H19N5OS. The van der Waals surface area contributed by atoms with Crippen molar-refractivity contribution in [3.8, 4) is 11.3 Å². The fourth-order valence-corrected chi connectivity index (χ4v) is 4.24. The van der Waals surface area contributed by atoms with E-state index in [1.165, 1.54) is 4.88 Å². The van der Waals surface area contributed by atoms with Crippen LogP contribution in [0.15, 0.2) is 35.1 Å². The fraction of sp³-hybridized carbons (Fsp3) is 0.278. The number of benzene rings is 1. The summed E-state index contributed by atoms with van der Waals surface area (Å²) in [5.41, 5.74) is 9.23. The maximum Gasteiger partial charge on any atom is 0.257 e. The van der Waals surface area contributed by atoms with Gasteiger partial charge in [0.25, 0.3) is 5.56 Å². The van der Waals surface area contributed by atoms with Crippen LogP contribution >= 0.6 is 11.3 Å². The van der Waals surface area contributed by atoms with Crippen molar-refractivity contribution in [3.63, 3.8) is 0 Å². The quantitative estimate of drug-likeness (QED) is 0.755. The molecule has 0 spiro atoms. The van der Waals surface area contributed by atoms with Gasteiger partial charge >= 0.3 is 0 Å². The van der Waals surface area contributed by atoms with E-state index < -0.39 is 0 Å². The maximum absolute atomic E-state index is 12.2. The van der Waals surface area contributed by atoms with E-state index in [9.17, 15) is 4.79 Å². The number of hydrogen-bond acceptors (Lipinski definition) is 6. The molecular weight excluding hydrogens is 334 g/mol. The second kappa shape index (κ2) is 6.42. The predicted octanol–water partition coefficient (Wildman–Crippen LogP) is 2.34. The van der Waals surface area contributed by atoms with Gasteiger partial charge in [0.2, 0.25) is 5.95 Å². The van der Waals surface area contributed by atoms with Gasteiger partial charge in [0, 0.05) is 36.5 Å². The van der Waals surface area contributed by atoms with Crippen molar-refractivity contribution in [2.24, 2.45) is 0 Å². The number of nitrogens with zero attached hydrogens (tertiary/aromatic N) is 3. The Kier molecular flexibility index (Phi) is 4.10. The minimum atomic E-state index is -0.129. The minimum absolute atomic E-state index is 0.129. The van der Waals surface area contributed by atoms with Crippen LogP contribution in [0.3, 0.4) is 0 Å². The number of anilines is 1. The van der Waals surface area contributed by atoms with Crippen LogP contribution < -0.4 is 11.3 Å². The van der Waals surface area contributed by atoms with Crippen molar-refractivity contribution in [1.82, 2.24) is 19.9 Å². The van der Waals surface area contributed by atoms with Gasteiger partial charge in [-0.2, -0.15) is 0 Å². The summed E-state index contributed by atoms with van der Waals surface area (Å²) in [4.78, 5) is 27.2. The Morgan fingerprint density at radius 2 is 2.08 bits per heavy atom. The third-order valence-corrected chi connectivity index (χ3v) is 5.34. The maximum atomic E-state index is 12.2. The van der Waals surface area contributed by atoms with Gasteiger partial charge < -0.3 is 5.73 Å². The second-order valence-electron chi connectivity index (χ2n) is 6.21. The van der Waals surface area contributed by atoms with Gasteiger partial charge in [0.05, 0.1) is 22.0 Å². The fourth-order valence-electron chi connectivity index (χ4n) is 3.24. The molecule has 3 aromatic rings. The third-order valence-electron chi connectivity index (χ3n) is 4.38. The Balaban J connectivity index is 1.61. The molecule has 1 aliphatic rings. The summed E-state index contributed by atoms with van der Waals surface area (Å²) in [7, 11) is 0. The lowest BCUT2D eigenvalue weighted by molar-refractivity contribution is 0.244. The van der Waals surface area contributed by atoms with E-state index in [1.54, 1.807) is 11.3 Å². The summed E-state index contributed by atoms with van der Waals surface area (Å²) in [5.74, 6) is 0.196. The Morgan fingerprint density at radius 3 is 2.88 bits per heavy atom. The number of thiazole rings is 1. The lowest BCUT2D eigenvalue weighted by atomic mass is 10.1. The largest absolute Gasteiger partial charge is 0.369 e. The third kappa shape index (κ3) is 3.20.